The number of hydrogen-bond acceptors (Lipinski definition) is 3. The second kappa shape index (κ2) is 5.38. The van der Waals surface area contributed by atoms with E-state index in [0.29, 0.717) is 5.02 Å². The molecule has 0 spiro atoms. The maximum absolute atomic E-state index is 6.05. The van der Waals surface area contributed by atoms with Gasteiger partial charge in [-0.25, -0.2) is 0 Å². The summed E-state index contributed by atoms with van der Waals surface area (Å²) in [7, 11) is 0. The van der Waals surface area contributed by atoms with Gasteiger partial charge in [0.25, 0.3) is 0 Å². The molecule has 3 aromatic rings. The molecular weight excluding hydrogens is 338 g/mol. The summed E-state index contributed by atoms with van der Waals surface area (Å²) in [5.41, 5.74) is 4.66. The molecule has 0 fully saturated rings. The first-order chi connectivity index (χ1) is 9.63. The third-order valence-electron chi connectivity index (χ3n) is 3.01. The van der Waals surface area contributed by atoms with E-state index in [2.05, 4.69) is 31.2 Å². The minimum absolute atomic E-state index is 0.701. The van der Waals surface area contributed by atoms with Crippen LogP contribution < -0.4 is 5.32 Å². The van der Waals surface area contributed by atoms with E-state index in [-0.39, 0.29) is 0 Å². The predicted octanol–water partition coefficient (Wildman–Crippen LogP) is 5.10. The third-order valence-corrected chi connectivity index (χ3v) is 3.68. The van der Waals surface area contributed by atoms with E-state index in [1.807, 2.05) is 37.3 Å². The number of aryl methyl sites for hydroxylation is 1. The van der Waals surface area contributed by atoms with Crippen molar-refractivity contribution in [3.63, 3.8) is 0 Å². The van der Waals surface area contributed by atoms with Gasteiger partial charge in [0.05, 0.1) is 11.2 Å². The zero-order chi connectivity index (χ0) is 14.1. The summed E-state index contributed by atoms with van der Waals surface area (Å²) in [5, 5.41) is 4.07. The molecule has 0 unspecified atom stereocenters. The lowest BCUT2D eigenvalue weighted by Gasteiger charge is -2.11. The van der Waals surface area contributed by atoms with Crippen LogP contribution in [0.1, 0.15) is 5.56 Å². The van der Waals surface area contributed by atoms with Crippen LogP contribution in [-0.4, -0.2) is 9.97 Å². The van der Waals surface area contributed by atoms with Crippen molar-refractivity contribution in [1.29, 1.82) is 0 Å². The molecular formula is C15H11BrClN3. The molecule has 1 N–H and O–H groups in total. The number of halogens is 2. The van der Waals surface area contributed by atoms with E-state index in [0.717, 1.165) is 32.4 Å². The Kier molecular flexibility index (Phi) is 3.59. The minimum atomic E-state index is 0.701. The van der Waals surface area contributed by atoms with Crippen molar-refractivity contribution >= 4 is 49.9 Å². The highest BCUT2D eigenvalue weighted by Crippen LogP contribution is 2.28. The lowest BCUT2D eigenvalue weighted by Crippen LogP contribution is -1.96. The summed E-state index contributed by atoms with van der Waals surface area (Å²) in [6.45, 7) is 2.03. The van der Waals surface area contributed by atoms with Gasteiger partial charge in [-0.2, -0.15) is 0 Å². The summed E-state index contributed by atoms with van der Waals surface area (Å²) in [6, 6.07) is 9.62. The topological polar surface area (TPSA) is 37.8 Å². The zero-order valence-corrected chi connectivity index (χ0v) is 13.0. The van der Waals surface area contributed by atoms with Crippen molar-refractivity contribution in [2.45, 2.75) is 6.92 Å². The fourth-order valence-corrected chi connectivity index (χ4v) is 2.47. The van der Waals surface area contributed by atoms with Crippen LogP contribution in [0.3, 0.4) is 0 Å². The highest BCUT2D eigenvalue weighted by atomic mass is 79.9. The molecule has 0 atom stereocenters. The second-order valence-corrected chi connectivity index (χ2v) is 5.82. The van der Waals surface area contributed by atoms with E-state index in [1.54, 1.807) is 12.4 Å². The van der Waals surface area contributed by atoms with Crippen LogP contribution in [0.2, 0.25) is 5.02 Å². The molecule has 100 valence electrons. The van der Waals surface area contributed by atoms with Gasteiger partial charge < -0.3 is 5.32 Å². The number of anilines is 2. The molecule has 0 radical (unpaired) electrons. The summed E-state index contributed by atoms with van der Waals surface area (Å²) >= 11 is 9.45. The van der Waals surface area contributed by atoms with E-state index in [9.17, 15) is 0 Å². The number of nitrogens with zero attached hydrogens (tertiary/aromatic N) is 2. The Morgan fingerprint density at radius 1 is 1.10 bits per heavy atom. The molecule has 3 nitrogen and oxygen atoms in total. The smallest absolute Gasteiger partial charge is 0.112 e. The van der Waals surface area contributed by atoms with Crippen LogP contribution in [0.25, 0.3) is 11.0 Å². The van der Waals surface area contributed by atoms with E-state index in [4.69, 9.17) is 11.6 Å². The number of fused-ring (bicyclic) bond motifs is 1. The summed E-state index contributed by atoms with van der Waals surface area (Å²) < 4.78 is 0.911. The van der Waals surface area contributed by atoms with Gasteiger partial charge in [0, 0.05) is 27.6 Å². The molecule has 0 amide bonds. The molecule has 0 aliphatic carbocycles. The van der Waals surface area contributed by atoms with Crippen LogP contribution in [0.4, 0.5) is 11.4 Å². The second-order valence-electron chi connectivity index (χ2n) is 4.46. The third kappa shape index (κ3) is 2.62. The van der Waals surface area contributed by atoms with Gasteiger partial charge in [0.2, 0.25) is 0 Å². The molecule has 20 heavy (non-hydrogen) atoms. The quantitative estimate of drug-likeness (QED) is 0.700. The summed E-state index contributed by atoms with van der Waals surface area (Å²) in [4.78, 5) is 8.75. The molecule has 5 heteroatoms. The van der Waals surface area contributed by atoms with Gasteiger partial charge >= 0.3 is 0 Å². The van der Waals surface area contributed by atoms with Crippen LogP contribution in [-0.2, 0) is 0 Å². The number of rotatable bonds is 2. The Bertz CT molecular complexity index is 789. The molecule has 0 saturated carbocycles. The molecule has 0 bridgehead atoms. The fourth-order valence-electron chi connectivity index (χ4n) is 1.98. The standard InChI is InChI=1S/C15H11BrClN3/c1-9-2-3-11(17)7-13(9)20-12-4-5-18-14-6-10(16)8-19-15(12)14/h2-8H,1H3,(H,18,20). The zero-order valence-electron chi connectivity index (χ0n) is 10.7. The van der Waals surface area contributed by atoms with Crippen molar-refractivity contribution in [2.75, 3.05) is 5.32 Å². The Hall–Kier alpha value is -1.65. The Labute approximate surface area is 130 Å². The molecule has 0 saturated heterocycles. The van der Waals surface area contributed by atoms with E-state index >= 15 is 0 Å². The fraction of sp³-hybridized carbons (Fsp3) is 0.0667. The first-order valence-electron chi connectivity index (χ1n) is 6.07. The molecule has 2 heterocycles. The highest BCUT2D eigenvalue weighted by molar-refractivity contribution is 9.10. The van der Waals surface area contributed by atoms with Gasteiger partial charge in [-0.3, -0.25) is 9.97 Å². The predicted molar refractivity (Wildman–Crippen MR) is 86.7 cm³/mol. The Balaban J connectivity index is 2.09. The number of pyridine rings is 2. The van der Waals surface area contributed by atoms with Crippen LogP contribution in [0.15, 0.2) is 47.2 Å². The SMILES string of the molecule is Cc1ccc(Cl)cc1Nc1ccnc2cc(Br)cnc12. The average Bonchev–Trinajstić information content (AvgIpc) is 2.43. The first-order valence-corrected chi connectivity index (χ1v) is 7.24. The van der Waals surface area contributed by atoms with Crippen LogP contribution in [0.5, 0.6) is 0 Å². The molecule has 2 aromatic heterocycles. The van der Waals surface area contributed by atoms with Crippen molar-refractivity contribution in [3.8, 4) is 0 Å². The highest BCUT2D eigenvalue weighted by Gasteiger charge is 2.06. The van der Waals surface area contributed by atoms with Gasteiger partial charge in [0.1, 0.15) is 5.52 Å². The van der Waals surface area contributed by atoms with Crippen molar-refractivity contribution in [1.82, 2.24) is 9.97 Å². The van der Waals surface area contributed by atoms with Crippen molar-refractivity contribution < 1.29 is 0 Å². The monoisotopic (exact) mass is 347 g/mol. The summed E-state index contributed by atoms with van der Waals surface area (Å²) in [5.74, 6) is 0. The average molecular weight is 349 g/mol. The van der Waals surface area contributed by atoms with E-state index < -0.39 is 0 Å². The number of aromatic nitrogens is 2. The number of benzene rings is 1. The first kappa shape index (κ1) is 13.3. The van der Waals surface area contributed by atoms with Gasteiger partial charge in [-0.1, -0.05) is 17.7 Å². The Morgan fingerprint density at radius 2 is 1.95 bits per heavy atom. The number of hydrogen-bond donors (Lipinski definition) is 1. The molecule has 0 aliphatic rings. The normalized spacial score (nSPS) is 10.8. The Morgan fingerprint density at radius 3 is 2.80 bits per heavy atom. The van der Waals surface area contributed by atoms with Crippen molar-refractivity contribution in [2.24, 2.45) is 0 Å². The van der Waals surface area contributed by atoms with Crippen LogP contribution >= 0.6 is 27.5 Å². The van der Waals surface area contributed by atoms with Crippen LogP contribution in [0, 0.1) is 6.92 Å². The molecule has 0 aliphatic heterocycles. The van der Waals surface area contributed by atoms with Gasteiger partial charge in [-0.15, -0.1) is 0 Å². The van der Waals surface area contributed by atoms with Crippen molar-refractivity contribution in [3.05, 3.63) is 57.8 Å². The summed E-state index contributed by atoms with van der Waals surface area (Å²) in [6.07, 6.45) is 3.53. The molecule has 1 aromatic carbocycles. The van der Waals surface area contributed by atoms with Gasteiger partial charge in [-0.05, 0) is 52.7 Å². The maximum Gasteiger partial charge on any atom is 0.112 e. The molecule has 3 rings (SSSR count). The van der Waals surface area contributed by atoms with Gasteiger partial charge in [0.15, 0.2) is 0 Å². The number of nitrogens with one attached hydrogen (secondary N) is 1. The largest absolute Gasteiger partial charge is 0.353 e. The lowest BCUT2D eigenvalue weighted by atomic mass is 10.2. The minimum Gasteiger partial charge on any atom is -0.353 e. The van der Waals surface area contributed by atoms with E-state index in [1.165, 1.54) is 0 Å². The maximum atomic E-state index is 6.05. The lowest BCUT2D eigenvalue weighted by molar-refractivity contribution is 1.31.